The number of ether oxygens (including phenoxy) is 1. The molecule has 0 saturated carbocycles. The Morgan fingerprint density at radius 3 is 2.39 bits per heavy atom. The second-order valence-electron chi connectivity index (χ2n) is 11.4. The molecule has 0 aliphatic carbocycles. The molecule has 1 aromatic rings. The maximum atomic E-state index is 13.8. The molecule has 208 valence electrons. The molecular formula is C29H41FN4O4. The van der Waals surface area contributed by atoms with Crippen LogP contribution in [0.5, 0.6) is 0 Å². The molecule has 4 heterocycles. The predicted octanol–water partition coefficient (Wildman–Crippen LogP) is 2.63. The summed E-state index contributed by atoms with van der Waals surface area (Å²) in [5.41, 5.74) is 0.489. The summed E-state index contributed by atoms with van der Waals surface area (Å²) < 4.78 is 18.1. The lowest BCUT2D eigenvalue weighted by atomic mass is 9.69. The van der Waals surface area contributed by atoms with Crippen molar-refractivity contribution in [1.82, 2.24) is 19.6 Å². The molecule has 0 N–H and O–H groups in total. The first-order chi connectivity index (χ1) is 18.4. The van der Waals surface area contributed by atoms with Gasteiger partial charge in [0.1, 0.15) is 5.82 Å². The van der Waals surface area contributed by atoms with E-state index in [4.69, 9.17) is 4.74 Å². The molecule has 0 aromatic heterocycles. The molecule has 4 aliphatic heterocycles. The summed E-state index contributed by atoms with van der Waals surface area (Å²) in [6.45, 7) is 5.89. The first-order valence-corrected chi connectivity index (χ1v) is 14.3. The van der Waals surface area contributed by atoms with Crippen LogP contribution in [0, 0.1) is 17.7 Å². The molecule has 4 unspecified atom stereocenters. The molecular weight excluding hydrogens is 487 g/mol. The number of hydrogen-bond donors (Lipinski definition) is 0. The van der Waals surface area contributed by atoms with Crippen molar-refractivity contribution >= 4 is 17.8 Å². The molecule has 5 rings (SSSR count). The third-order valence-corrected chi connectivity index (χ3v) is 9.21. The lowest BCUT2D eigenvalue weighted by molar-refractivity contribution is -0.148. The van der Waals surface area contributed by atoms with E-state index < -0.39 is 0 Å². The fourth-order valence-corrected chi connectivity index (χ4v) is 7.38. The van der Waals surface area contributed by atoms with E-state index >= 15 is 0 Å². The third kappa shape index (κ3) is 5.88. The Balaban J connectivity index is 1.21. The molecule has 4 atom stereocenters. The molecule has 0 spiro atoms. The maximum absolute atomic E-state index is 13.8. The molecule has 8 nitrogen and oxygen atoms in total. The van der Waals surface area contributed by atoms with Crippen molar-refractivity contribution in [2.75, 3.05) is 59.5 Å². The third-order valence-electron chi connectivity index (χ3n) is 9.21. The number of piperidine rings is 3. The summed E-state index contributed by atoms with van der Waals surface area (Å²) in [4.78, 5) is 47.2. The van der Waals surface area contributed by atoms with Crippen LogP contribution in [0.3, 0.4) is 0 Å². The highest BCUT2D eigenvalue weighted by molar-refractivity contribution is 5.94. The Morgan fingerprint density at radius 1 is 0.974 bits per heavy atom. The Bertz CT molecular complexity index is 995. The van der Waals surface area contributed by atoms with Gasteiger partial charge in [0, 0.05) is 56.8 Å². The number of esters is 1. The van der Waals surface area contributed by atoms with Crippen LogP contribution in [0.15, 0.2) is 24.3 Å². The second-order valence-corrected chi connectivity index (χ2v) is 11.4. The number of rotatable bonds is 7. The number of carbonyl (C=O) groups is 3. The number of nitrogens with zero attached hydrogens (tertiary/aromatic N) is 4. The predicted molar refractivity (Wildman–Crippen MR) is 141 cm³/mol. The molecule has 4 fully saturated rings. The van der Waals surface area contributed by atoms with E-state index in [1.807, 2.05) is 0 Å². The zero-order valence-electron chi connectivity index (χ0n) is 22.5. The van der Waals surface area contributed by atoms with Crippen LogP contribution >= 0.6 is 0 Å². The molecule has 38 heavy (non-hydrogen) atoms. The highest BCUT2D eigenvalue weighted by Gasteiger charge is 2.49. The van der Waals surface area contributed by atoms with E-state index in [1.54, 1.807) is 4.90 Å². The van der Waals surface area contributed by atoms with Crippen LogP contribution in [0.4, 0.5) is 4.39 Å². The van der Waals surface area contributed by atoms with Crippen LogP contribution in [-0.2, 0) is 14.3 Å². The number of hydrogen-bond acceptors (Lipinski definition) is 6. The average molecular weight is 529 g/mol. The SMILES string of the molecule is COC(=O)CCCC1C2CCCN3CCCC(CN1C(=O)CN1CCN(C(=O)c4ccc(F)cc4)CC1)C23. The fraction of sp³-hybridized carbons (Fsp3) is 0.690. The lowest BCUT2D eigenvalue weighted by Gasteiger charge is -2.57. The quantitative estimate of drug-likeness (QED) is 0.507. The van der Waals surface area contributed by atoms with Crippen molar-refractivity contribution < 1.29 is 23.5 Å². The standard InChI is InChI=1S/C29H41FN4O4/c1-38-27(36)8-2-7-25-24-6-4-14-32-13-3-5-22(28(24)32)19-34(25)26(35)20-31-15-17-33(18-16-31)29(37)21-9-11-23(30)12-10-21/h9-12,22,24-25,28H,2-8,13-20H2,1H3. The molecule has 2 amide bonds. The average Bonchev–Trinajstić information content (AvgIpc) is 2.94. The summed E-state index contributed by atoms with van der Waals surface area (Å²) in [7, 11) is 1.43. The highest BCUT2D eigenvalue weighted by atomic mass is 19.1. The van der Waals surface area contributed by atoms with Gasteiger partial charge in [-0.15, -0.1) is 0 Å². The van der Waals surface area contributed by atoms with Gasteiger partial charge < -0.3 is 14.5 Å². The minimum absolute atomic E-state index is 0.0946. The minimum atomic E-state index is -0.355. The van der Waals surface area contributed by atoms with E-state index in [0.29, 0.717) is 62.6 Å². The van der Waals surface area contributed by atoms with Crippen molar-refractivity contribution in [2.45, 2.75) is 57.0 Å². The fourth-order valence-electron chi connectivity index (χ4n) is 7.38. The molecule has 1 aromatic carbocycles. The van der Waals surface area contributed by atoms with Crippen molar-refractivity contribution in [1.29, 1.82) is 0 Å². The first-order valence-electron chi connectivity index (χ1n) is 14.3. The number of benzene rings is 1. The molecule has 4 aliphatic rings. The van der Waals surface area contributed by atoms with E-state index in [-0.39, 0.29) is 29.6 Å². The molecule has 9 heteroatoms. The number of amides is 2. The van der Waals surface area contributed by atoms with Gasteiger partial charge in [-0.25, -0.2) is 4.39 Å². The van der Waals surface area contributed by atoms with Crippen LogP contribution in [0.2, 0.25) is 0 Å². The van der Waals surface area contributed by atoms with Gasteiger partial charge >= 0.3 is 5.97 Å². The van der Waals surface area contributed by atoms with Crippen LogP contribution in [0.25, 0.3) is 0 Å². The van der Waals surface area contributed by atoms with Gasteiger partial charge in [0.15, 0.2) is 0 Å². The Labute approximate surface area is 225 Å². The van der Waals surface area contributed by atoms with Crippen molar-refractivity contribution in [3.05, 3.63) is 35.6 Å². The summed E-state index contributed by atoms with van der Waals surface area (Å²) in [6.07, 6.45) is 6.67. The normalized spacial score (nSPS) is 28.1. The highest BCUT2D eigenvalue weighted by Crippen LogP contribution is 2.43. The Morgan fingerprint density at radius 2 is 1.68 bits per heavy atom. The number of methoxy groups -OCH3 is 1. The Hall–Kier alpha value is -2.52. The van der Waals surface area contributed by atoms with Crippen LogP contribution < -0.4 is 0 Å². The maximum Gasteiger partial charge on any atom is 0.305 e. The van der Waals surface area contributed by atoms with E-state index in [9.17, 15) is 18.8 Å². The summed E-state index contributed by atoms with van der Waals surface area (Å²) in [5.74, 6) is 0.532. The molecule has 0 bridgehead atoms. The topological polar surface area (TPSA) is 73.4 Å². The van der Waals surface area contributed by atoms with Gasteiger partial charge in [-0.3, -0.25) is 24.2 Å². The van der Waals surface area contributed by atoms with Gasteiger partial charge in [0.05, 0.1) is 13.7 Å². The summed E-state index contributed by atoms with van der Waals surface area (Å²) in [5, 5.41) is 0. The summed E-state index contributed by atoms with van der Waals surface area (Å²) >= 11 is 0. The van der Waals surface area contributed by atoms with E-state index in [1.165, 1.54) is 63.7 Å². The van der Waals surface area contributed by atoms with E-state index in [0.717, 1.165) is 25.8 Å². The smallest absolute Gasteiger partial charge is 0.305 e. The van der Waals surface area contributed by atoms with Crippen LogP contribution in [0.1, 0.15) is 55.3 Å². The monoisotopic (exact) mass is 528 g/mol. The summed E-state index contributed by atoms with van der Waals surface area (Å²) in [6, 6.07) is 6.39. The minimum Gasteiger partial charge on any atom is -0.469 e. The zero-order valence-corrected chi connectivity index (χ0v) is 22.5. The molecule has 4 saturated heterocycles. The van der Waals surface area contributed by atoms with Gasteiger partial charge in [-0.05, 0) is 87.7 Å². The van der Waals surface area contributed by atoms with Crippen LogP contribution in [-0.4, -0.2) is 109 Å². The second kappa shape index (κ2) is 12.1. The number of halogens is 1. The van der Waals surface area contributed by atoms with Crippen molar-refractivity contribution in [3.8, 4) is 0 Å². The Kier molecular flexibility index (Phi) is 8.63. The van der Waals surface area contributed by atoms with Gasteiger partial charge in [0.25, 0.3) is 5.91 Å². The van der Waals surface area contributed by atoms with Gasteiger partial charge in [-0.1, -0.05) is 0 Å². The largest absolute Gasteiger partial charge is 0.469 e. The number of likely N-dealkylation sites (tertiary alicyclic amines) is 1. The van der Waals surface area contributed by atoms with Gasteiger partial charge in [0.2, 0.25) is 5.91 Å². The zero-order chi connectivity index (χ0) is 26.6. The van der Waals surface area contributed by atoms with Crippen molar-refractivity contribution in [3.63, 3.8) is 0 Å². The van der Waals surface area contributed by atoms with Gasteiger partial charge in [-0.2, -0.15) is 0 Å². The first kappa shape index (κ1) is 27.1. The lowest BCUT2D eigenvalue weighted by Crippen LogP contribution is -2.66. The number of carbonyl (C=O) groups excluding carboxylic acids is 3. The molecule has 0 radical (unpaired) electrons. The van der Waals surface area contributed by atoms with Crippen molar-refractivity contribution in [2.24, 2.45) is 11.8 Å². The number of piperazine rings is 1. The van der Waals surface area contributed by atoms with E-state index in [2.05, 4.69) is 14.7 Å².